The van der Waals surface area contributed by atoms with Gasteiger partial charge in [-0.1, -0.05) is 18.2 Å². The van der Waals surface area contributed by atoms with Crippen LogP contribution in [-0.4, -0.2) is 10.9 Å². The number of para-hydroxylation sites is 1. The highest BCUT2D eigenvalue weighted by molar-refractivity contribution is 7.11. The summed E-state index contributed by atoms with van der Waals surface area (Å²) in [6.45, 7) is 2.71. The molecule has 0 saturated carbocycles. The number of aryl methyl sites for hydroxylation is 2. The Hall–Kier alpha value is -2.07. The molecular formula is C17H18N2OS. The molecule has 2 aromatic heterocycles. The summed E-state index contributed by atoms with van der Waals surface area (Å²) in [6, 6.07) is 12.3. The molecule has 0 atom stereocenters. The molecule has 0 aliphatic heterocycles. The van der Waals surface area contributed by atoms with Crippen LogP contribution in [0.25, 0.3) is 10.9 Å². The van der Waals surface area contributed by atoms with Gasteiger partial charge in [-0.15, -0.1) is 11.3 Å². The van der Waals surface area contributed by atoms with Gasteiger partial charge in [0.25, 0.3) is 0 Å². The lowest BCUT2D eigenvalue weighted by molar-refractivity contribution is -0.121. The van der Waals surface area contributed by atoms with Crippen LogP contribution in [0.15, 0.2) is 42.6 Å². The van der Waals surface area contributed by atoms with E-state index in [9.17, 15) is 4.79 Å². The van der Waals surface area contributed by atoms with Crippen molar-refractivity contribution in [2.24, 2.45) is 0 Å². The second-order valence-corrected chi connectivity index (χ2v) is 6.52. The first-order valence-corrected chi connectivity index (χ1v) is 7.91. The van der Waals surface area contributed by atoms with Crippen molar-refractivity contribution in [3.8, 4) is 0 Å². The molecule has 0 aliphatic rings. The molecule has 108 valence electrons. The Morgan fingerprint density at radius 2 is 2.10 bits per heavy atom. The molecule has 3 rings (SSSR count). The van der Waals surface area contributed by atoms with Gasteiger partial charge in [0.1, 0.15) is 0 Å². The van der Waals surface area contributed by atoms with Crippen molar-refractivity contribution in [2.45, 2.75) is 26.3 Å². The molecule has 3 nitrogen and oxygen atoms in total. The molecule has 0 spiro atoms. The standard InChI is InChI=1S/C17H18N2OS/c1-12-6-8-14(21-12)11-19-17(20)9-7-13-10-18-16-5-3-2-4-15(13)16/h2-6,8,10,18H,7,9,11H2,1H3,(H,19,20). The van der Waals surface area contributed by atoms with E-state index in [4.69, 9.17) is 0 Å². The average molecular weight is 298 g/mol. The lowest BCUT2D eigenvalue weighted by Crippen LogP contribution is -2.22. The molecule has 1 aromatic carbocycles. The van der Waals surface area contributed by atoms with Crippen LogP contribution in [0.2, 0.25) is 0 Å². The molecule has 0 aliphatic carbocycles. The maximum Gasteiger partial charge on any atom is 0.220 e. The van der Waals surface area contributed by atoms with Gasteiger partial charge < -0.3 is 10.3 Å². The monoisotopic (exact) mass is 298 g/mol. The molecule has 0 fully saturated rings. The lowest BCUT2D eigenvalue weighted by Gasteiger charge is -2.03. The predicted octanol–water partition coefficient (Wildman–Crippen LogP) is 3.79. The van der Waals surface area contributed by atoms with Crippen molar-refractivity contribution in [2.75, 3.05) is 0 Å². The Morgan fingerprint density at radius 3 is 2.90 bits per heavy atom. The summed E-state index contributed by atoms with van der Waals surface area (Å²) < 4.78 is 0. The van der Waals surface area contributed by atoms with Gasteiger partial charge in [0.2, 0.25) is 5.91 Å². The van der Waals surface area contributed by atoms with Crippen LogP contribution < -0.4 is 5.32 Å². The maximum absolute atomic E-state index is 11.9. The van der Waals surface area contributed by atoms with Gasteiger partial charge in [-0.2, -0.15) is 0 Å². The van der Waals surface area contributed by atoms with E-state index in [0.717, 1.165) is 11.9 Å². The molecule has 21 heavy (non-hydrogen) atoms. The number of fused-ring (bicyclic) bond motifs is 1. The van der Waals surface area contributed by atoms with Crippen LogP contribution >= 0.6 is 11.3 Å². The van der Waals surface area contributed by atoms with Gasteiger partial charge in [0, 0.05) is 33.3 Å². The fourth-order valence-corrected chi connectivity index (χ4v) is 3.27. The fraction of sp³-hybridized carbons (Fsp3) is 0.235. The average Bonchev–Trinajstić information content (AvgIpc) is 3.09. The second kappa shape index (κ2) is 6.14. The van der Waals surface area contributed by atoms with E-state index in [2.05, 4.69) is 41.5 Å². The molecule has 1 amide bonds. The predicted molar refractivity (Wildman–Crippen MR) is 87.5 cm³/mol. The Morgan fingerprint density at radius 1 is 1.24 bits per heavy atom. The summed E-state index contributed by atoms with van der Waals surface area (Å²) in [4.78, 5) is 17.7. The smallest absolute Gasteiger partial charge is 0.220 e. The molecule has 4 heteroatoms. The highest BCUT2D eigenvalue weighted by Crippen LogP contribution is 2.19. The highest BCUT2D eigenvalue weighted by Gasteiger charge is 2.07. The van der Waals surface area contributed by atoms with Crippen molar-refractivity contribution < 1.29 is 4.79 Å². The molecule has 0 radical (unpaired) electrons. The summed E-state index contributed by atoms with van der Waals surface area (Å²) in [5.41, 5.74) is 2.33. The van der Waals surface area contributed by atoms with Crippen molar-refractivity contribution in [3.05, 3.63) is 57.9 Å². The number of nitrogens with one attached hydrogen (secondary N) is 2. The molecule has 3 aromatic rings. The SMILES string of the molecule is Cc1ccc(CNC(=O)CCc2c[nH]c3ccccc23)s1. The number of aromatic amines is 1. The molecule has 2 heterocycles. The van der Waals surface area contributed by atoms with E-state index in [1.54, 1.807) is 11.3 Å². The van der Waals surface area contributed by atoms with E-state index in [1.807, 2.05) is 18.3 Å². The molecule has 0 unspecified atom stereocenters. The van der Waals surface area contributed by atoms with Gasteiger partial charge in [-0.25, -0.2) is 0 Å². The summed E-state index contributed by atoms with van der Waals surface area (Å²) in [6.07, 6.45) is 3.28. The van der Waals surface area contributed by atoms with Crippen molar-refractivity contribution in [1.82, 2.24) is 10.3 Å². The van der Waals surface area contributed by atoms with Crippen LogP contribution in [0.4, 0.5) is 0 Å². The first kappa shape index (κ1) is 13.9. The first-order chi connectivity index (χ1) is 10.2. The van der Waals surface area contributed by atoms with E-state index in [0.29, 0.717) is 13.0 Å². The molecule has 0 bridgehead atoms. The number of hydrogen-bond donors (Lipinski definition) is 2. The summed E-state index contributed by atoms with van der Waals surface area (Å²) in [7, 11) is 0. The Kier molecular flexibility index (Phi) is 4.06. The van der Waals surface area contributed by atoms with Crippen molar-refractivity contribution in [1.29, 1.82) is 0 Å². The lowest BCUT2D eigenvalue weighted by atomic mass is 10.1. The number of aromatic nitrogens is 1. The number of H-pyrrole nitrogens is 1. The van der Waals surface area contributed by atoms with E-state index < -0.39 is 0 Å². The highest BCUT2D eigenvalue weighted by atomic mass is 32.1. The third-order valence-electron chi connectivity index (χ3n) is 3.55. The van der Waals surface area contributed by atoms with Crippen molar-refractivity contribution in [3.63, 3.8) is 0 Å². The Bertz CT molecular complexity index is 757. The van der Waals surface area contributed by atoms with Crippen LogP contribution in [0.5, 0.6) is 0 Å². The zero-order chi connectivity index (χ0) is 14.7. The number of hydrogen-bond acceptors (Lipinski definition) is 2. The van der Waals surface area contributed by atoms with E-state index in [1.165, 1.54) is 20.7 Å². The summed E-state index contributed by atoms with van der Waals surface area (Å²) >= 11 is 1.73. The van der Waals surface area contributed by atoms with Gasteiger partial charge in [-0.3, -0.25) is 4.79 Å². The minimum atomic E-state index is 0.103. The minimum absolute atomic E-state index is 0.103. The van der Waals surface area contributed by atoms with Crippen LogP contribution in [0.1, 0.15) is 21.7 Å². The summed E-state index contributed by atoms with van der Waals surface area (Å²) in [5, 5.41) is 4.19. The molecular weight excluding hydrogens is 280 g/mol. The van der Waals surface area contributed by atoms with Crippen LogP contribution in [-0.2, 0) is 17.8 Å². The number of benzene rings is 1. The first-order valence-electron chi connectivity index (χ1n) is 7.09. The number of rotatable bonds is 5. The van der Waals surface area contributed by atoms with Crippen LogP contribution in [0.3, 0.4) is 0 Å². The maximum atomic E-state index is 11.9. The fourth-order valence-electron chi connectivity index (χ4n) is 2.44. The zero-order valence-corrected chi connectivity index (χ0v) is 12.8. The number of amides is 1. The topological polar surface area (TPSA) is 44.9 Å². The zero-order valence-electron chi connectivity index (χ0n) is 12.0. The second-order valence-electron chi connectivity index (χ2n) is 5.15. The van der Waals surface area contributed by atoms with Gasteiger partial charge >= 0.3 is 0 Å². The third-order valence-corrected chi connectivity index (χ3v) is 4.55. The van der Waals surface area contributed by atoms with Gasteiger partial charge in [0.15, 0.2) is 0 Å². The largest absolute Gasteiger partial charge is 0.361 e. The molecule has 2 N–H and O–H groups in total. The normalized spacial score (nSPS) is 10.9. The van der Waals surface area contributed by atoms with Gasteiger partial charge in [0.05, 0.1) is 6.54 Å². The van der Waals surface area contributed by atoms with E-state index >= 15 is 0 Å². The summed E-state index contributed by atoms with van der Waals surface area (Å²) in [5.74, 6) is 0.103. The molecule has 0 saturated heterocycles. The van der Waals surface area contributed by atoms with Crippen molar-refractivity contribution >= 4 is 28.1 Å². The minimum Gasteiger partial charge on any atom is -0.361 e. The number of carbonyl (C=O) groups excluding carboxylic acids is 1. The third kappa shape index (κ3) is 3.34. The van der Waals surface area contributed by atoms with E-state index in [-0.39, 0.29) is 5.91 Å². The van der Waals surface area contributed by atoms with Crippen LogP contribution in [0, 0.1) is 6.92 Å². The van der Waals surface area contributed by atoms with Gasteiger partial charge in [-0.05, 0) is 37.1 Å². The number of carbonyl (C=O) groups is 1. The Labute approximate surface area is 128 Å². The Balaban J connectivity index is 1.54. The number of thiophene rings is 1. The quantitative estimate of drug-likeness (QED) is 0.739.